The highest BCUT2D eigenvalue weighted by Crippen LogP contribution is 2.32. The smallest absolute Gasteiger partial charge is 0.259 e. The third-order valence-corrected chi connectivity index (χ3v) is 8.30. The van der Waals surface area contributed by atoms with Gasteiger partial charge in [-0.25, -0.2) is 19.3 Å². The molecule has 0 saturated heterocycles. The minimum absolute atomic E-state index is 0.152. The van der Waals surface area contributed by atoms with Gasteiger partial charge in [0.15, 0.2) is 14.9 Å². The fourth-order valence-electron chi connectivity index (χ4n) is 3.26. The van der Waals surface area contributed by atoms with Crippen LogP contribution >= 0.6 is 11.3 Å². The molecule has 1 atom stereocenters. The first-order chi connectivity index (χ1) is 16.4. The number of thiazole rings is 1. The zero-order valence-electron chi connectivity index (χ0n) is 18.6. The van der Waals surface area contributed by atoms with Gasteiger partial charge < -0.3 is 15.3 Å². The highest BCUT2D eigenvalue weighted by Gasteiger charge is 2.30. The van der Waals surface area contributed by atoms with E-state index in [1.165, 1.54) is 12.3 Å². The molecule has 1 unspecified atom stereocenters. The van der Waals surface area contributed by atoms with E-state index in [9.17, 15) is 29.7 Å². The molecule has 1 aromatic carbocycles. The number of amides is 1. The van der Waals surface area contributed by atoms with Crippen LogP contribution in [0.1, 0.15) is 33.0 Å². The molecule has 0 aliphatic heterocycles. The van der Waals surface area contributed by atoms with Crippen LogP contribution in [0, 0.1) is 36.5 Å². The fraction of sp³-hybridized carbons (Fsp3) is 0.227. The molecular formula is C22H20N6O5S2. The summed E-state index contributed by atoms with van der Waals surface area (Å²) in [6.45, 7) is 2.42. The zero-order chi connectivity index (χ0) is 26.0. The van der Waals surface area contributed by atoms with E-state index in [0.29, 0.717) is 44.7 Å². The van der Waals surface area contributed by atoms with Crippen LogP contribution in [0.5, 0.6) is 0 Å². The lowest BCUT2D eigenvalue weighted by atomic mass is 9.88. The highest BCUT2D eigenvalue weighted by atomic mass is 32.2. The molecule has 1 amide bonds. The second kappa shape index (κ2) is 9.97. The van der Waals surface area contributed by atoms with Gasteiger partial charge >= 0.3 is 0 Å². The Bertz CT molecular complexity index is 1520. The first-order valence-corrected chi connectivity index (χ1v) is 12.3. The summed E-state index contributed by atoms with van der Waals surface area (Å²) in [7, 11) is -3.78. The third kappa shape index (κ3) is 5.41. The van der Waals surface area contributed by atoms with Crippen LogP contribution in [0.2, 0.25) is 0 Å². The zero-order valence-corrected chi connectivity index (χ0v) is 20.2. The number of aliphatic hydroxyl groups excluding tert-OH is 1. The summed E-state index contributed by atoms with van der Waals surface area (Å²) in [4.78, 5) is 20.5. The lowest BCUT2D eigenvalue weighted by molar-refractivity contribution is -0.195. The van der Waals surface area contributed by atoms with Gasteiger partial charge in [-0.15, -0.1) is 15.7 Å². The standard InChI is InChI=1S/C22H20N6O5S2/c1-12-13(2)17(18(6-15(12)8-23)14-3-4-26-16(5-14)9-24)7-19(30)28-35(25,33)20-10-27-21(34-20)22(31,32)11-29/h3-6,10,29,31-32H,7,11H2,1-2H3,(H2,25,28,30,33). The number of nitriles is 2. The van der Waals surface area contributed by atoms with Crippen molar-refractivity contribution in [2.75, 3.05) is 6.61 Å². The first kappa shape index (κ1) is 26.1. The van der Waals surface area contributed by atoms with Crippen molar-refractivity contribution >= 4 is 27.2 Å². The van der Waals surface area contributed by atoms with Crippen molar-refractivity contribution in [3.05, 3.63) is 63.5 Å². The Morgan fingerprint density at radius 2 is 1.94 bits per heavy atom. The predicted octanol–water partition coefficient (Wildman–Crippen LogP) is 1.16. The number of aromatic nitrogens is 2. The maximum absolute atomic E-state index is 13.0. The van der Waals surface area contributed by atoms with Crippen LogP contribution < -0.4 is 5.14 Å². The van der Waals surface area contributed by atoms with E-state index in [1.54, 1.807) is 26.0 Å². The number of hydrogen-bond donors (Lipinski definition) is 4. The van der Waals surface area contributed by atoms with Gasteiger partial charge in [-0.2, -0.15) is 10.5 Å². The maximum Gasteiger partial charge on any atom is 0.259 e. The molecule has 3 rings (SSSR count). The number of pyridine rings is 1. The Hall–Kier alpha value is -3.56. The van der Waals surface area contributed by atoms with Crippen molar-refractivity contribution in [3.8, 4) is 23.3 Å². The molecule has 180 valence electrons. The number of nitrogens with two attached hydrogens (primary N) is 1. The Labute approximate surface area is 205 Å². The number of nitrogens with zero attached hydrogens (tertiary/aromatic N) is 5. The number of hydrogen-bond acceptors (Lipinski definition) is 10. The summed E-state index contributed by atoms with van der Waals surface area (Å²) in [6, 6.07) is 8.83. The van der Waals surface area contributed by atoms with E-state index in [1.807, 2.05) is 6.07 Å². The van der Waals surface area contributed by atoms with Gasteiger partial charge in [0.2, 0.25) is 5.79 Å². The van der Waals surface area contributed by atoms with E-state index in [0.717, 1.165) is 6.20 Å². The molecule has 0 aliphatic carbocycles. The first-order valence-electron chi connectivity index (χ1n) is 9.93. The van der Waals surface area contributed by atoms with Crippen LogP contribution in [0.3, 0.4) is 0 Å². The molecule has 0 aliphatic rings. The van der Waals surface area contributed by atoms with Gasteiger partial charge in [0.1, 0.15) is 22.6 Å². The summed E-state index contributed by atoms with van der Waals surface area (Å²) < 4.78 is 16.4. The van der Waals surface area contributed by atoms with Crippen LogP contribution in [0.15, 0.2) is 39.2 Å². The SMILES string of the molecule is Cc1c(C#N)cc(-c2ccnc(C#N)c2)c(CC(=O)N=S(N)(=O)c2cnc(C(O)(O)CO)s2)c1C. The number of rotatable bonds is 6. The van der Waals surface area contributed by atoms with Crippen molar-refractivity contribution in [2.24, 2.45) is 9.50 Å². The number of carbonyl (C=O) groups is 1. The molecule has 3 aromatic rings. The topological polar surface area (TPSA) is 207 Å². The molecule has 11 nitrogen and oxygen atoms in total. The summed E-state index contributed by atoms with van der Waals surface area (Å²) in [5.74, 6) is -3.47. The largest absolute Gasteiger partial charge is 0.390 e. The molecule has 2 heterocycles. The molecule has 35 heavy (non-hydrogen) atoms. The highest BCUT2D eigenvalue weighted by molar-refractivity contribution is 7.93. The number of aliphatic hydroxyl groups is 3. The molecular weight excluding hydrogens is 492 g/mol. The van der Waals surface area contributed by atoms with Gasteiger partial charge in [0.25, 0.3) is 5.91 Å². The van der Waals surface area contributed by atoms with Crippen LogP contribution in [0.4, 0.5) is 0 Å². The quantitative estimate of drug-likeness (QED) is 0.349. The summed E-state index contributed by atoms with van der Waals surface area (Å²) in [5, 5.41) is 52.6. The summed E-state index contributed by atoms with van der Waals surface area (Å²) >= 11 is 0.543. The normalized spacial score (nSPS) is 12.9. The minimum Gasteiger partial charge on any atom is -0.390 e. The number of benzene rings is 1. The Morgan fingerprint density at radius 1 is 1.23 bits per heavy atom. The van der Waals surface area contributed by atoms with Crippen LogP contribution in [0.25, 0.3) is 11.1 Å². The lowest BCUT2D eigenvalue weighted by Crippen LogP contribution is -2.29. The van der Waals surface area contributed by atoms with Gasteiger partial charge in [-0.1, -0.05) is 0 Å². The van der Waals surface area contributed by atoms with E-state index in [4.69, 9.17) is 10.2 Å². The maximum atomic E-state index is 13.0. The Morgan fingerprint density at radius 3 is 2.57 bits per heavy atom. The van der Waals surface area contributed by atoms with Crippen molar-refractivity contribution in [2.45, 2.75) is 30.3 Å². The van der Waals surface area contributed by atoms with Crippen molar-refractivity contribution in [1.82, 2.24) is 9.97 Å². The average molecular weight is 513 g/mol. The van der Waals surface area contributed by atoms with Gasteiger partial charge in [0.05, 0.1) is 24.3 Å². The molecule has 13 heteroatoms. The van der Waals surface area contributed by atoms with E-state index >= 15 is 0 Å². The average Bonchev–Trinajstić information content (AvgIpc) is 3.34. The third-order valence-electron chi connectivity index (χ3n) is 5.24. The monoisotopic (exact) mass is 512 g/mol. The molecule has 0 saturated carbocycles. The van der Waals surface area contributed by atoms with Gasteiger partial charge in [0, 0.05) is 6.20 Å². The second-order valence-corrected chi connectivity index (χ2v) is 10.6. The summed E-state index contributed by atoms with van der Waals surface area (Å²) in [6.07, 6.45) is 2.13. The van der Waals surface area contributed by atoms with E-state index in [-0.39, 0.29) is 21.3 Å². The van der Waals surface area contributed by atoms with E-state index < -0.39 is 28.2 Å². The molecule has 2 aromatic heterocycles. The van der Waals surface area contributed by atoms with Crippen molar-refractivity contribution < 1.29 is 24.3 Å². The summed E-state index contributed by atoms with van der Waals surface area (Å²) in [5.41, 5.74) is 3.43. The van der Waals surface area contributed by atoms with Gasteiger partial charge in [-0.3, -0.25) is 4.79 Å². The Balaban J connectivity index is 2.07. The fourth-order valence-corrected chi connectivity index (χ4v) is 5.37. The molecule has 0 fully saturated rings. The van der Waals surface area contributed by atoms with E-state index in [2.05, 4.69) is 20.4 Å². The van der Waals surface area contributed by atoms with Crippen molar-refractivity contribution in [1.29, 1.82) is 10.5 Å². The molecule has 0 radical (unpaired) electrons. The van der Waals surface area contributed by atoms with Gasteiger partial charge in [-0.05, 0) is 59.9 Å². The lowest BCUT2D eigenvalue weighted by Gasteiger charge is -2.16. The predicted molar refractivity (Wildman–Crippen MR) is 126 cm³/mol. The Kier molecular flexibility index (Phi) is 7.42. The van der Waals surface area contributed by atoms with Crippen LogP contribution in [-0.4, -0.2) is 42.0 Å². The minimum atomic E-state index is -3.78. The molecule has 0 bridgehead atoms. The molecule has 0 spiro atoms. The molecule has 5 N–H and O–H groups in total. The second-order valence-electron chi connectivity index (χ2n) is 7.54. The van der Waals surface area contributed by atoms with Crippen molar-refractivity contribution in [3.63, 3.8) is 0 Å². The van der Waals surface area contributed by atoms with Crippen LogP contribution in [-0.2, 0) is 26.9 Å². The number of carbonyl (C=O) groups excluding carboxylic acids is 1.